The summed E-state index contributed by atoms with van der Waals surface area (Å²) < 4.78 is 13.2. The fraction of sp³-hybridized carbons (Fsp3) is 0.414. The zero-order valence-corrected chi connectivity index (χ0v) is 22.2. The third kappa shape index (κ3) is 6.57. The smallest absolute Gasteiger partial charge is 0.320 e. The standard InChI is InChI=1S/C29H38N6O2/c1-5-7-16-37-28-32-26(30)25-27(33-28)35(29(31-25)36-4)20-22-12-10-13-24(18-22)23(11-6-2)17-21(3)19-34-14-8-9-15-34/h6,10-13,17-18H,3,5,7-9,14-16,19-20H2,1-2,4H3,(H2,30,32,33). The van der Waals surface area contributed by atoms with Crippen molar-refractivity contribution in [2.75, 3.05) is 39.1 Å². The Morgan fingerprint density at radius 3 is 2.73 bits per heavy atom. The quantitative estimate of drug-likeness (QED) is 0.267. The summed E-state index contributed by atoms with van der Waals surface area (Å²) in [6.45, 7) is 12.7. The number of aromatic nitrogens is 4. The van der Waals surface area contributed by atoms with E-state index in [0.29, 0.717) is 30.3 Å². The topological polar surface area (TPSA) is 91.3 Å². The zero-order chi connectivity index (χ0) is 26.2. The summed E-state index contributed by atoms with van der Waals surface area (Å²) in [6, 6.07) is 9.15. The molecule has 196 valence electrons. The van der Waals surface area contributed by atoms with Crippen molar-refractivity contribution in [2.24, 2.45) is 0 Å². The largest absolute Gasteiger partial charge is 0.468 e. The molecule has 3 aromatic rings. The molecule has 1 aliphatic rings. The molecule has 0 saturated carbocycles. The first-order chi connectivity index (χ1) is 18.0. The number of rotatable bonds is 12. The van der Waals surface area contributed by atoms with Gasteiger partial charge in [-0.25, -0.2) is 0 Å². The average Bonchev–Trinajstić information content (AvgIpc) is 3.52. The Labute approximate surface area is 219 Å². The summed E-state index contributed by atoms with van der Waals surface area (Å²) in [7, 11) is 1.59. The first-order valence-electron chi connectivity index (χ1n) is 13.1. The highest BCUT2D eigenvalue weighted by atomic mass is 16.5. The van der Waals surface area contributed by atoms with Gasteiger partial charge in [-0.2, -0.15) is 15.0 Å². The molecule has 0 radical (unpaired) electrons. The van der Waals surface area contributed by atoms with E-state index >= 15 is 0 Å². The van der Waals surface area contributed by atoms with E-state index in [1.807, 2.05) is 11.5 Å². The van der Waals surface area contributed by atoms with Crippen LogP contribution in [-0.4, -0.2) is 57.8 Å². The summed E-state index contributed by atoms with van der Waals surface area (Å²) in [5.41, 5.74) is 11.8. The van der Waals surface area contributed by atoms with Gasteiger partial charge in [-0.15, -0.1) is 0 Å². The monoisotopic (exact) mass is 502 g/mol. The predicted molar refractivity (Wildman–Crippen MR) is 150 cm³/mol. The third-order valence-electron chi connectivity index (χ3n) is 6.41. The molecule has 1 aromatic carbocycles. The normalized spacial score (nSPS) is 14.6. The number of nitrogens with two attached hydrogens (primary N) is 1. The Morgan fingerprint density at radius 1 is 1.19 bits per heavy atom. The molecule has 4 rings (SSSR count). The molecular formula is C29H38N6O2. The van der Waals surface area contributed by atoms with Crippen LogP contribution < -0.4 is 15.2 Å². The van der Waals surface area contributed by atoms with E-state index in [-0.39, 0.29) is 11.8 Å². The molecule has 0 bridgehead atoms. The Hall–Kier alpha value is -3.65. The Kier molecular flexibility index (Phi) is 8.95. The summed E-state index contributed by atoms with van der Waals surface area (Å²) in [6.07, 6.45) is 10.9. The molecule has 1 saturated heterocycles. The van der Waals surface area contributed by atoms with Gasteiger partial charge in [0.15, 0.2) is 17.0 Å². The van der Waals surface area contributed by atoms with Crippen molar-refractivity contribution in [1.29, 1.82) is 0 Å². The van der Waals surface area contributed by atoms with Crippen molar-refractivity contribution in [3.05, 3.63) is 65.8 Å². The number of likely N-dealkylation sites (tertiary alicyclic amines) is 1. The maximum Gasteiger partial charge on any atom is 0.320 e. The zero-order valence-electron chi connectivity index (χ0n) is 22.2. The second kappa shape index (κ2) is 12.5. The number of allylic oxidation sites excluding steroid dienone is 3. The van der Waals surface area contributed by atoms with E-state index in [1.54, 1.807) is 7.11 Å². The summed E-state index contributed by atoms with van der Waals surface area (Å²) in [5, 5.41) is 0. The molecule has 0 unspecified atom stereocenters. The van der Waals surface area contributed by atoms with Crippen LogP contribution >= 0.6 is 0 Å². The van der Waals surface area contributed by atoms with Gasteiger partial charge in [0.25, 0.3) is 6.01 Å². The molecule has 37 heavy (non-hydrogen) atoms. The molecule has 0 aliphatic carbocycles. The van der Waals surface area contributed by atoms with Gasteiger partial charge in [-0.05, 0) is 67.6 Å². The molecule has 8 heteroatoms. The number of anilines is 1. The molecule has 2 N–H and O–H groups in total. The fourth-order valence-corrected chi connectivity index (χ4v) is 4.58. The number of hydrogen-bond acceptors (Lipinski definition) is 7. The first-order valence-corrected chi connectivity index (χ1v) is 13.1. The number of ether oxygens (including phenoxy) is 2. The summed E-state index contributed by atoms with van der Waals surface area (Å²) >= 11 is 0. The lowest BCUT2D eigenvalue weighted by molar-refractivity contribution is 0.286. The number of methoxy groups -OCH3 is 1. The molecule has 0 atom stereocenters. The minimum Gasteiger partial charge on any atom is -0.468 e. The lowest BCUT2D eigenvalue weighted by atomic mass is 10.0. The molecule has 2 aromatic heterocycles. The van der Waals surface area contributed by atoms with Crippen LogP contribution in [0.3, 0.4) is 0 Å². The Morgan fingerprint density at radius 2 is 2.00 bits per heavy atom. The van der Waals surface area contributed by atoms with E-state index in [9.17, 15) is 0 Å². The van der Waals surface area contributed by atoms with Crippen molar-refractivity contribution in [3.8, 4) is 12.0 Å². The van der Waals surface area contributed by atoms with Gasteiger partial charge in [0.05, 0.1) is 20.3 Å². The van der Waals surface area contributed by atoms with Crippen LogP contribution in [-0.2, 0) is 6.54 Å². The first kappa shape index (κ1) is 26.4. The number of hydrogen-bond donors (Lipinski definition) is 1. The molecular weight excluding hydrogens is 464 g/mol. The second-order valence-corrected chi connectivity index (χ2v) is 9.39. The number of benzene rings is 1. The van der Waals surface area contributed by atoms with Gasteiger partial charge in [-0.3, -0.25) is 9.47 Å². The molecule has 8 nitrogen and oxygen atoms in total. The summed E-state index contributed by atoms with van der Waals surface area (Å²) in [5.74, 6) is 0.275. The van der Waals surface area contributed by atoms with Crippen LogP contribution in [0, 0.1) is 0 Å². The van der Waals surface area contributed by atoms with Gasteiger partial charge in [0, 0.05) is 6.54 Å². The number of imidazole rings is 1. The predicted octanol–water partition coefficient (Wildman–Crippen LogP) is 5.26. The van der Waals surface area contributed by atoms with Crippen LogP contribution in [0.1, 0.15) is 50.7 Å². The maximum absolute atomic E-state index is 6.20. The minimum atomic E-state index is 0.255. The number of nitrogens with zero attached hydrogens (tertiary/aromatic N) is 5. The van der Waals surface area contributed by atoms with Crippen LogP contribution in [0.2, 0.25) is 0 Å². The van der Waals surface area contributed by atoms with Gasteiger partial charge in [-0.1, -0.05) is 56.4 Å². The van der Waals surface area contributed by atoms with Crippen LogP contribution in [0.25, 0.3) is 16.7 Å². The van der Waals surface area contributed by atoms with E-state index in [0.717, 1.165) is 54.7 Å². The van der Waals surface area contributed by atoms with Crippen molar-refractivity contribution >= 4 is 22.6 Å². The van der Waals surface area contributed by atoms with Crippen LogP contribution in [0.4, 0.5) is 5.82 Å². The summed E-state index contributed by atoms with van der Waals surface area (Å²) in [4.78, 5) is 15.9. The Balaban J connectivity index is 1.63. The third-order valence-corrected chi connectivity index (χ3v) is 6.41. The number of fused-ring (bicyclic) bond motifs is 1. The average molecular weight is 503 g/mol. The van der Waals surface area contributed by atoms with Gasteiger partial charge in [0.1, 0.15) is 0 Å². The lowest BCUT2D eigenvalue weighted by Crippen LogP contribution is -2.21. The van der Waals surface area contributed by atoms with Crippen molar-refractivity contribution in [1.82, 2.24) is 24.4 Å². The van der Waals surface area contributed by atoms with Gasteiger partial charge >= 0.3 is 6.01 Å². The van der Waals surface area contributed by atoms with E-state index < -0.39 is 0 Å². The fourth-order valence-electron chi connectivity index (χ4n) is 4.58. The molecule has 1 fully saturated rings. The van der Waals surface area contributed by atoms with Crippen LogP contribution in [0.5, 0.6) is 12.0 Å². The highest BCUT2D eigenvalue weighted by Gasteiger charge is 2.18. The number of unbranched alkanes of at least 4 members (excludes halogenated alkanes) is 1. The van der Waals surface area contributed by atoms with Gasteiger partial charge < -0.3 is 15.2 Å². The minimum absolute atomic E-state index is 0.255. The van der Waals surface area contributed by atoms with Crippen LogP contribution in [0.15, 0.2) is 54.6 Å². The number of nitrogen functional groups attached to an aromatic ring is 1. The lowest BCUT2D eigenvalue weighted by Gasteiger charge is -2.15. The second-order valence-electron chi connectivity index (χ2n) is 9.39. The molecule has 0 spiro atoms. The highest BCUT2D eigenvalue weighted by molar-refractivity contribution is 5.83. The maximum atomic E-state index is 6.20. The molecule has 0 amide bonds. The van der Waals surface area contributed by atoms with Crippen molar-refractivity contribution in [2.45, 2.75) is 46.1 Å². The molecule has 1 aliphatic heterocycles. The van der Waals surface area contributed by atoms with E-state index in [1.165, 1.54) is 12.8 Å². The SMILES string of the molecule is C=C(C=C(C=CC)c1cccc(Cn2c(OC)nc3c(N)nc(OCCCC)nc32)c1)CN1CCCC1. The molecule has 3 heterocycles. The van der Waals surface area contributed by atoms with E-state index in [4.69, 9.17) is 15.2 Å². The Bertz CT molecular complexity index is 1290. The van der Waals surface area contributed by atoms with E-state index in [2.05, 4.69) is 75.8 Å². The highest BCUT2D eigenvalue weighted by Crippen LogP contribution is 2.27. The van der Waals surface area contributed by atoms with Crippen molar-refractivity contribution in [3.63, 3.8) is 0 Å². The van der Waals surface area contributed by atoms with Crippen molar-refractivity contribution < 1.29 is 9.47 Å². The van der Waals surface area contributed by atoms with Gasteiger partial charge in [0.2, 0.25) is 0 Å².